The number of hydrogen-bond donors (Lipinski definition) is 0. The summed E-state index contributed by atoms with van der Waals surface area (Å²) in [5.41, 5.74) is 2.21. The van der Waals surface area contributed by atoms with Gasteiger partial charge in [0, 0.05) is 11.4 Å². The molecular weight excluding hydrogens is 270 g/mol. The van der Waals surface area contributed by atoms with Crippen LogP contribution in [-0.2, 0) is 0 Å². The largest absolute Gasteiger partial charge is 0.493 e. The van der Waals surface area contributed by atoms with E-state index in [0.29, 0.717) is 18.1 Å². The Kier molecular flexibility index (Phi) is 5.03. The van der Waals surface area contributed by atoms with E-state index in [1.54, 1.807) is 12.1 Å². The first-order chi connectivity index (χ1) is 9.70. The Morgan fingerprint density at radius 2 is 2.00 bits per heavy atom. The second-order valence-corrected chi connectivity index (χ2v) is 5.07. The fraction of sp³-hybridized carbons (Fsp3) is 0.235. The Morgan fingerprint density at radius 3 is 2.70 bits per heavy atom. The minimum absolute atomic E-state index is 0.143. The molecule has 3 heteroatoms. The predicted octanol–water partition coefficient (Wildman–Crippen LogP) is 4.72. The van der Waals surface area contributed by atoms with Crippen LogP contribution in [0.2, 0.25) is 5.02 Å². The van der Waals surface area contributed by atoms with Gasteiger partial charge >= 0.3 is 0 Å². The average Bonchev–Trinajstić information content (AvgIpc) is 2.45. The summed E-state index contributed by atoms with van der Waals surface area (Å²) >= 11 is 5.90. The summed E-state index contributed by atoms with van der Waals surface area (Å²) in [5, 5.41) is 9.97. The molecule has 0 radical (unpaired) electrons. The van der Waals surface area contributed by atoms with Gasteiger partial charge in [0.15, 0.2) is 0 Å². The van der Waals surface area contributed by atoms with Gasteiger partial charge in [-0.25, -0.2) is 0 Å². The molecule has 0 heterocycles. The molecule has 0 aromatic heterocycles. The van der Waals surface area contributed by atoms with Crippen LogP contribution in [-0.4, -0.2) is 6.61 Å². The first kappa shape index (κ1) is 14.4. The summed E-state index contributed by atoms with van der Waals surface area (Å²) in [6.45, 7) is 2.52. The molecule has 1 unspecified atom stereocenters. The molecule has 2 nitrogen and oxygen atoms in total. The number of hydrogen-bond acceptors (Lipinski definition) is 2. The van der Waals surface area contributed by atoms with E-state index in [-0.39, 0.29) is 5.92 Å². The third-order valence-electron chi connectivity index (χ3n) is 3.19. The second kappa shape index (κ2) is 6.98. The van der Waals surface area contributed by atoms with E-state index in [1.165, 1.54) is 0 Å². The van der Waals surface area contributed by atoms with Gasteiger partial charge in [0.25, 0.3) is 0 Å². The zero-order chi connectivity index (χ0) is 14.4. The van der Waals surface area contributed by atoms with Crippen molar-refractivity contribution in [1.82, 2.24) is 0 Å². The zero-order valence-electron chi connectivity index (χ0n) is 11.3. The molecule has 0 saturated carbocycles. The van der Waals surface area contributed by atoms with Crippen molar-refractivity contribution in [2.24, 2.45) is 0 Å². The molecule has 0 aliphatic rings. The fourth-order valence-corrected chi connectivity index (χ4v) is 2.30. The Bertz CT molecular complexity index is 618. The maximum Gasteiger partial charge on any atom is 0.120 e. The van der Waals surface area contributed by atoms with E-state index in [4.69, 9.17) is 16.3 Å². The molecule has 20 heavy (non-hydrogen) atoms. The molecule has 0 amide bonds. The molecule has 2 aromatic carbocycles. The quantitative estimate of drug-likeness (QED) is 0.796. The summed E-state index contributed by atoms with van der Waals surface area (Å²) in [7, 11) is 0. The van der Waals surface area contributed by atoms with Crippen molar-refractivity contribution in [1.29, 1.82) is 5.26 Å². The van der Waals surface area contributed by atoms with E-state index in [2.05, 4.69) is 6.07 Å². The molecule has 2 rings (SSSR count). The van der Waals surface area contributed by atoms with Crippen LogP contribution in [0.3, 0.4) is 0 Å². The van der Waals surface area contributed by atoms with Crippen LogP contribution >= 0.6 is 11.6 Å². The van der Waals surface area contributed by atoms with Gasteiger partial charge in [-0.3, -0.25) is 0 Å². The van der Waals surface area contributed by atoms with Crippen LogP contribution in [0.5, 0.6) is 5.75 Å². The average molecular weight is 286 g/mol. The van der Waals surface area contributed by atoms with E-state index < -0.39 is 0 Å². The van der Waals surface area contributed by atoms with Crippen molar-refractivity contribution in [2.45, 2.75) is 19.3 Å². The highest BCUT2D eigenvalue weighted by Crippen LogP contribution is 2.23. The number of rotatable bonds is 5. The van der Waals surface area contributed by atoms with Crippen molar-refractivity contribution < 1.29 is 4.74 Å². The van der Waals surface area contributed by atoms with Crippen LogP contribution in [0, 0.1) is 18.3 Å². The van der Waals surface area contributed by atoms with Crippen LogP contribution in [0.25, 0.3) is 0 Å². The topological polar surface area (TPSA) is 33.0 Å². The molecular formula is C17H16ClNO. The maximum atomic E-state index is 9.32. The van der Waals surface area contributed by atoms with Crippen LogP contribution < -0.4 is 4.74 Å². The lowest BCUT2D eigenvalue weighted by Gasteiger charge is -2.13. The lowest BCUT2D eigenvalue weighted by molar-refractivity contribution is 0.306. The smallest absolute Gasteiger partial charge is 0.120 e. The Balaban J connectivity index is 1.96. The van der Waals surface area contributed by atoms with Crippen molar-refractivity contribution in [3.8, 4) is 11.8 Å². The van der Waals surface area contributed by atoms with Crippen LogP contribution in [0.4, 0.5) is 0 Å². The SMILES string of the molecule is Cc1ccccc1C(C#N)CCOc1cccc(Cl)c1. The van der Waals surface area contributed by atoms with Crippen molar-refractivity contribution >= 4 is 11.6 Å². The first-order valence-corrected chi connectivity index (χ1v) is 6.92. The molecule has 0 N–H and O–H groups in total. The highest BCUT2D eigenvalue weighted by molar-refractivity contribution is 6.30. The molecule has 0 spiro atoms. The molecule has 2 aromatic rings. The summed E-state index contributed by atoms with van der Waals surface area (Å²) in [5.74, 6) is 0.592. The molecule has 0 aliphatic heterocycles. The highest BCUT2D eigenvalue weighted by Gasteiger charge is 2.12. The van der Waals surface area contributed by atoms with Gasteiger partial charge in [0.05, 0.1) is 18.6 Å². The number of nitrogens with zero attached hydrogens (tertiary/aromatic N) is 1. The minimum Gasteiger partial charge on any atom is -0.493 e. The fourth-order valence-electron chi connectivity index (χ4n) is 2.12. The van der Waals surface area contributed by atoms with Crippen LogP contribution in [0.1, 0.15) is 23.5 Å². The van der Waals surface area contributed by atoms with Gasteiger partial charge in [0.1, 0.15) is 5.75 Å². The molecule has 0 aliphatic carbocycles. The molecule has 0 fully saturated rings. The van der Waals surface area contributed by atoms with E-state index in [0.717, 1.165) is 16.9 Å². The van der Waals surface area contributed by atoms with E-state index in [1.807, 2.05) is 43.3 Å². The normalized spacial score (nSPS) is 11.7. The highest BCUT2D eigenvalue weighted by atomic mass is 35.5. The summed E-state index contributed by atoms with van der Waals surface area (Å²) in [6.07, 6.45) is 0.661. The Hall–Kier alpha value is -1.98. The van der Waals surface area contributed by atoms with Gasteiger partial charge in [-0.15, -0.1) is 0 Å². The second-order valence-electron chi connectivity index (χ2n) is 4.63. The molecule has 102 valence electrons. The summed E-state index contributed by atoms with van der Waals surface area (Å²) in [4.78, 5) is 0. The molecule has 1 atom stereocenters. The molecule has 0 bridgehead atoms. The summed E-state index contributed by atoms with van der Waals surface area (Å²) in [6, 6.07) is 17.6. The third kappa shape index (κ3) is 3.76. The van der Waals surface area contributed by atoms with E-state index in [9.17, 15) is 5.26 Å². The number of benzene rings is 2. The third-order valence-corrected chi connectivity index (χ3v) is 3.43. The van der Waals surface area contributed by atoms with Gasteiger partial charge in [0.2, 0.25) is 0 Å². The molecule has 0 saturated heterocycles. The van der Waals surface area contributed by atoms with Crippen molar-refractivity contribution in [2.75, 3.05) is 6.61 Å². The van der Waals surface area contributed by atoms with Gasteiger partial charge in [-0.1, -0.05) is 41.9 Å². The summed E-state index contributed by atoms with van der Waals surface area (Å²) < 4.78 is 5.64. The Labute approximate surface area is 124 Å². The Morgan fingerprint density at radius 1 is 1.20 bits per heavy atom. The predicted molar refractivity (Wildman–Crippen MR) is 81.1 cm³/mol. The zero-order valence-corrected chi connectivity index (χ0v) is 12.1. The lowest BCUT2D eigenvalue weighted by Crippen LogP contribution is -2.05. The van der Waals surface area contributed by atoms with Crippen molar-refractivity contribution in [3.63, 3.8) is 0 Å². The lowest BCUT2D eigenvalue weighted by atomic mass is 9.94. The van der Waals surface area contributed by atoms with Gasteiger partial charge < -0.3 is 4.74 Å². The monoisotopic (exact) mass is 285 g/mol. The van der Waals surface area contributed by atoms with Gasteiger partial charge in [-0.05, 0) is 36.2 Å². The number of halogens is 1. The minimum atomic E-state index is -0.143. The maximum absolute atomic E-state index is 9.32. The van der Waals surface area contributed by atoms with E-state index >= 15 is 0 Å². The van der Waals surface area contributed by atoms with Crippen molar-refractivity contribution in [3.05, 3.63) is 64.7 Å². The standard InChI is InChI=1S/C17H16ClNO/c1-13-5-2-3-8-17(13)14(12-19)9-10-20-16-7-4-6-15(18)11-16/h2-8,11,14H,9-10H2,1H3. The number of nitriles is 1. The van der Waals surface area contributed by atoms with Crippen LogP contribution in [0.15, 0.2) is 48.5 Å². The van der Waals surface area contributed by atoms with Gasteiger partial charge in [-0.2, -0.15) is 5.26 Å². The number of aryl methyl sites for hydroxylation is 1. The first-order valence-electron chi connectivity index (χ1n) is 6.54. The number of ether oxygens (including phenoxy) is 1.